The zero-order chi connectivity index (χ0) is 21.7. The highest BCUT2D eigenvalue weighted by atomic mass is 35.5. The highest BCUT2D eigenvalue weighted by Crippen LogP contribution is 2.28. The number of amides is 2. The summed E-state index contributed by atoms with van der Waals surface area (Å²) in [5.74, 6) is -0.358. The first-order valence-corrected chi connectivity index (χ1v) is 10.1. The van der Waals surface area contributed by atoms with E-state index in [1.807, 2.05) is 50.2 Å². The van der Waals surface area contributed by atoms with Crippen molar-refractivity contribution in [2.75, 3.05) is 7.05 Å². The molecule has 0 saturated carbocycles. The van der Waals surface area contributed by atoms with E-state index < -0.39 is 11.9 Å². The molecule has 0 saturated heterocycles. The highest BCUT2D eigenvalue weighted by Gasteiger charge is 2.28. The second-order valence-corrected chi connectivity index (χ2v) is 7.84. The number of hydrogen-bond acceptors (Lipinski definition) is 4. The summed E-state index contributed by atoms with van der Waals surface area (Å²) >= 11 is 6.18. The van der Waals surface area contributed by atoms with Crippen molar-refractivity contribution in [3.8, 4) is 11.3 Å². The second kappa shape index (κ2) is 9.59. The zero-order valence-corrected chi connectivity index (χ0v) is 17.9. The number of carbonyl (C=O) groups excluding carboxylic acids is 2. The number of nitrogens with zero attached hydrogens (tertiary/aromatic N) is 2. The van der Waals surface area contributed by atoms with E-state index in [4.69, 9.17) is 16.1 Å². The Labute approximate surface area is 180 Å². The fourth-order valence-electron chi connectivity index (χ4n) is 3.07. The maximum absolute atomic E-state index is 13.0. The molecule has 1 atom stereocenters. The summed E-state index contributed by atoms with van der Waals surface area (Å²) in [6.07, 6.45) is 0. The third kappa shape index (κ3) is 5.07. The molecule has 3 aromatic rings. The van der Waals surface area contributed by atoms with Crippen LogP contribution >= 0.6 is 11.6 Å². The van der Waals surface area contributed by atoms with Crippen LogP contribution in [0.3, 0.4) is 0 Å². The molecule has 2 aromatic carbocycles. The Bertz CT molecular complexity index is 1020. The van der Waals surface area contributed by atoms with Gasteiger partial charge in [-0.15, -0.1) is 0 Å². The lowest BCUT2D eigenvalue weighted by Gasteiger charge is -2.27. The van der Waals surface area contributed by atoms with E-state index in [-0.39, 0.29) is 17.5 Å². The van der Waals surface area contributed by atoms with Crippen molar-refractivity contribution in [2.45, 2.75) is 26.4 Å². The quantitative estimate of drug-likeness (QED) is 0.608. The Morgan fingerprint density at radius 1 is 1.10 bits per heavy atom. The lowest BCUT2D eigenvalue weighted by atomic mass is 10.0. The second-order valence-electron chi connectivity index (χ2n) is 7.43. The van der Waals surface area contributed by atoms with Crippen LogP contribution in [0.25, 0.3) is 11.3 Å². The van der Waals surface area contributed by atoms with E-state index in [1.165, 1.54) is 6.07 Å². The van der Waals surface area contributed by atoms with E-state index in [2.05, 4.69) is 10.5 Å². The topological polar surface area (TPSA) is 75.4 Å². The largest absolute Gasteiger partial charge is 0.355 e. The van der Waals surface area contributed by atoms with Crippen molar-refractivity contribution in [3.05, 3.63) is 76.9 Å². The smallest absolute Gasteiger partial charge is 0.274 e. The van der Waals surface area contributed by atoms with E-state index in [9.17, 15) is 9.59 Å². The summed E-state index contributed by atoms with van der Waals surface area (Å²) in [7, 11) is 1.72. The number of likely N-dealkylation sites (N-methyl/N-ethyl adjacent to an activating group) is 1. The molecule has 1 aromatic heterocycles. The van der Waals surface area contributed by atoms with E-state index in [0.717, 1.165) is 5.56 Å². The van der Waals surface area contributed by atoms with Gasteiger partial charge in [0, 0.05) is 25.2 Å². The van der Waals surface area contributed by atoms with Gasteiger partial charge in [0.2, 0.25) is 5.91 Å². The Morgan fingerprint density at radius 3 is 2.43 bits per heavy atom. The molecule has 0 aliphatic rings. The Kier molecular flexibility index (Phi) is 6.90. The molecule has 0 aliphatic carbocycles. The van der Waals surface area contributed by atoms with Crippen LogP contribution in [0.5, 0.6) is 0 Å². The van der Waals surface area contributed by atoms with Crippen LogP contribution in [0.1, 0.15) is 29.9 Å². The van der Waals surface area contributed by atoms with Crippen molar-refractivity contribution in [1.29, 1.82) is 0 Å². The molecule has 3 rings (SSSR count). The molecule has 6 nitrogen and oxygen atoms in total. The predicted molar refractivity (Wildman–Crippen MR) is 116 cm³/mol. The molecule has 0 bridgehead atoms. The van der Waals surface area contributed by atoms with Gasteiger partial charge in [-0.1, -0.05) is 73.1 Å². The normalized spacial score (nSPS) is 11.9. The number of halogens is 1. The average Bonchev–Trinajstić information content (AvgIpc) is 3.22. The van der Waals surface area contributed by atoms with Crippen molar-refractivity contribution < 1.29 is 14.1 Å². The average molecular weight is 426 g/mol. The van der Waals surface area contributed by atoms with Crippen LogP contribution < -0.4 is 5.32 Å². The Balaban J connectivity index is 1.71. The Hall–Kier alpha value is -3.12. The molecular weight excluding hydrogens is 402 g/mol. The summed E-state index contributed by atoms with van der Waals surface area (Å²) in [5, 5.41) is 7.14. The lowest BCUT2D eigenvalue weighted by molar-refractivity contribution is -0.133. The standard InChI is InChI=1S/C23H24ClN3O3/c1-15(2)21(23(29)27(3)14-16-9-5-4-6-10-16)25-22(28)19-13-20(30-26-19)17-11-7-8-12-18(17)24/h4-13,15,21H,14H2,1-3H3,(H,25,28). The molecule has 0 aliphatic heterocycles. The summed E-state index contributed by atoms with van der Waals surface area (Å²) in [5.41, 5.74) is 1.75. The van der Waals surface area contributed by atoms with Crippen LogP contribution in [0.4, 0.5) is 0 Å². The first-order chi connectivity index (χ1) is 14.4. The first kappa shape index (κ1) is 21.6. The van der Waals surface area contributed by atoms with Crippen molar-refractivity contribution in [1.82, 2.24) is 15.4 Å². The maximum Gasteiger partial charge on any atom is 0.274 e. The summed E-state index contributed by atoms with van der Waals surface area (Å²) in [6.45, 7) is 4.23. The monoisotopic (exact) mass is 425 g/mol. The number of carbonyl (C=O) groups is 2. The number of nitrogens with one attached hydrogen (secondary N) is 1. The molecule has 30 heavy (non-hydrogen) atoms. The third-order valence-corrected chi connectivity index (χ3v) is 5.07. The summed E-state index contributed by atoms with van der Waals surface area (Å²) in [6, 6.07) is 17.7. The molecule has 0 fully saturated rings. The molecule has 0 radical (unpaired) electrons. The molecule has 7 heteroatoms. The molecule has 1 heterocycles. The van der Waals surface area contributed by atoms with Gasteiger partial charge >= 0.3 is 0 Å². The van der Waals surface area contributed by atoms with Crippen LogP contribution in [0.15, 0.2) is 65.2 Å². The van der Waals surface area contributed by atoms with Gasteiger partial charge in [-0.3, -0.25) is 9.59 Å². The summed E-state index contributed by atoms with van der Waals surface area (Å²) in [4.78, 5) is 27.3. The SMILES string of the molecule is CC(C)C(NC(=O)c1cc(-c2ccccc2Cl)on1)C(=O)N(C)Cc1ccccc1. The van der Waals surface area contributed by atoms with E-state index in [0.29, 0.717) is 22.9 Å². The highest BCUT2D eigenvalue weighted by molar-refractivity contribution is 6.33. The number of benzene rings is 2. The van der Waals surface area contributed by atoms with Crippen molar-refractivity contribution in [2.24, 2.45) is 5.92 Å². The molecule has 1 N–H and O–H groups in total. The van der Waals surface area contributed by atoms with Gasteiger partial charge in [0.1, 0.15) is 6.04 Å². The van der Waals surface area contributed by atoms with Crippen LogP contribution in [0.2, 0.25) is 5.02 Å². The molecule has 1 unspecified atom stereocenters. The van der Waals surface area contributed by atoms with Gasteiger partial charge < -0.3 is 14.7 Å². The van der Waals surface area contributed by atoms with Gasteiger partial charge in [0.15, 0.2) is 11.5 Å². The maximum atomic E-state index is 13.0. The fourth-order valence-corrected chi connectivity index (χ4v) is 3.30. The third-order valence-electron chi connectivity index (χ3n) is 4.74. The number of rotatable bonds is 7. The predicted octanol–water partition coefficient (Wildman–Crippen LogP) is 4.41. The van der Waals surface area contributed by atoms with Gasteiger partial charge in [-0.2, -0.15) is 0 Å². The van der Waals surface area contributed by atoms with Crippen LogP contribution in [-0.4, -0.2) is 35.0 Å². The zero-order valence-electron chi connectivity index (χ0n) is 17.1. The minimum absolute atomic E-state index is 0.0917. The molecule has 156 valence electrons. The molecule has 0 spiro atoms. The van der Waals surface area contributed by atoms with Gasteiger partial charge in [-0.05, 0) is 23.6 Å². The van der Waals surface area contributed by atoms with E-state index in [1.54, 1.807) is 30.1 Å². The van der Waals surface area contributed by atoms with Gasteiger partial charge in [-0.25, -0.2) is 0 Å². The van der Waals surface area contributed by atoms with Crippen molar-refractivity contribution in [3.63, 3.8) is 0 Å². The first-order valence-electron chi connectivity index (χ1n) is 9.68. The van der Waals surface area contributed by atoms with Crippen LogP contribution in [0, 0.1) is 5.92 Å². The lowest BCUT2D eigenvalue weighted by Crippen LogP contribution is -2.50. The number of aromatic nitrogens is 1. The van der Waals surface area contributed by atoms with Crippen LogP contribution in [-0.2, 0) is 11.3 Å². The Morgan fingerprint density at radius 2 is 1.77 bits per heavy atom. The minimum atomic E-state index is -0.688. The van der Waals surface area contributed by atoms with Gasteiger partial charge in [0.05, 0.1) is 5.02 Å². The number of hydrogen-bond donors (Lipinski definition) is 1. The van der Waals surface area contributed by atoms with E-state index >= 15 is 0 Å². The molecule has 2 amide bonds. The molecular formula is C23H24ClN3O3. The van der Waals surface area contributed by atoms with Gasteiger partial charge in [0.25, 0.3) is 5.91 Å². The fraction of sp³-hybridized carbons (Fsp3) is 0.261. The minimum Gasteiger partial charge on any atom is -0.355 e. The summed E-state index contributed by atoms with van der Waals surface area (Å²) < 4.78 is 5.29. The van der Waals surface area contributed by atoms with Crippen molar-refractivity contribution >= 4 is 23.4 Å².